The lowest BCUT2D eigenvalue weighted by atomic mass is 10.0. The van der Waals surface area contributed by atoms with Crippen LogP contribution in [-0.4, -0.2) is 35.1 Å². The molecule has 0 radical (unpaired) electrons. The van der Waals surface area contributed by atoms with E-state index >= 15 is 0 Å². The van der Waals surface area contributed by atoms with E-state index in [1.165, 1.54) is 6.08 Å². The standard InChI is InChI=1S/C8H12N4O4/c9-6(11-4-13)2-1-3-8(10,7(15)16)12-5-14/h6H,1-3,9-10H2,(H,15,16)/t6?,8-/m1/s1. The Bertz CT molecular complexity index is 342. The lowest BCUT2D eigenvalue weighted by molar-refractivity contribution is -0.143. The lowest BCUT2D eigenvalue weighted by Crippen LogP contribution is -2.46. The Morgan fingerprint density at radius 1 is 1.44 bits per heavy atom. The summed E-state index contributed by atoms with van der Waals surface area (Å²) >= 11 is 0. The molecule has 0 spiro atoms. The van der Waals surface area contributed by atoms with Crippen molar-refractivity contribution in [1.82, 2.24) is 0 Å². The van der Waals surface area contributed by atoms with Gasteiger partial charge in [-0.1, -0.05) is 0 Å². The molecule has 0 rings (SSSR count). The number of hydrogen-bond donors (Lipinski definition) is 3. The third kappa shape index (κ3) is 4.59. The van der Waals surface area contributed by atoms with Gasteiger partial charge in [0.1, 0.15) is 6.17 Å². The fourth-order valence-corrected chi connectivity index (χ4v) is 1.01. The van der Waals surface area contributed by atoms with Crippen molar-refractivity contribution in [3.8, 4) is 0 Å². The quantitative estimate of drug-likeness (QED) is 0.370. The molecule has 88 valence electrons. The number of nitrogens with zero attached hydrogens (tertiary/aromatic N) is 2. The zero-order valence-electron chi connectivity index (χ0n) is 8.42. The molecule has 0 amide bonds. The van der Waals surface area contributed by atoms with E-state index in [0.29, 0.717) is 0 Å². The first-order valence-corrected chi connectivity index (χ1v) is 4.40. The van der Waals surface area contributed by atoms with E-state index in [2.05, 4.69) is 9.98 Å². The second-order valence-corrected chi connectivity index (χ2v) is 3.11. The molecule has 1 unspecified atom stereocenters. The van der Waals surface area contributed by atoms with Crippen LogP contribution in [0, 0.1) is 0 Å². The molecule has 0 aliphatic rings. The Kier molecular flexibility index (Phi) is 5.84. The van der Waals surface area contributed by atoms with Crippen LogP contribution in [0.1, 0.15) is 19.3 Å². The topological polar surface area (TPSA) is 148 Å². The van der Waals surface area contributed by atoms with Gasteiger partial charge < -0.3 is 10.8 Å². The van der Waals surface area contributed by atoms with E-state index in [-0.39, 0.29) is 19.3 Å². The van der Waals surface area contributed by atoms with E-state index in [1.54, 1.807) is 0 Å². The van der Waals surface area contributed by atoms with E-state index in [1.807, 2.05) is 0 Å². The van der Waals surface area contributed by atoms with Crippen LogP contribution in [0.25, 0.3) is 0 Å². The van der Waals surface area contributed by atoms with E-state index in [0.717, 1.165) is 6.08 Å². The molecule has 2 atom stereocenters. The number of carboxylic acids is 1. The number of carboxylic acid groups (broad SMARTS) is 1. The summed E-state index contributed by atoms with van der Waals surface area (Å²) in [4.78, 5) is 36.8. The normalized spacial score (nSPS) is 15.1. The number of isocyanates is 2. The van der Waals surface area contributed by atoms with Crippen molar-refractivity contribution >= 4 is 18.1 Å². The number of nitrogens with two attached hydrogens (primary N) is 2. The highest BCUT2D eigenvalue weighted by Gasteiger charge is 2.33. The minimum absolute atomic E-state index is 0.0976. The van der Waals surface area contributed by atoms with Gasteiger partial charge in [-0.05, 0) is 19.3 Å². The predicted octanol–water partition coefficient (Wildman–Crippen LogP) is -1.15. The summed E-state index contributed by atoms with van der Waals surface area (Å²) in [7, 11) is 0. The average molecular weight is 228 g/mol. The lowest BCUT2D eigenvalue weighted by Gasteiger charge is -2.17. The minimum Gasteiger partial charge on any atom is -0.478 e. The summed E-state index contributed by atoms with van der Waals surface area (Å²) in [6, 6.07) is 0. The van der Waals surface area contributed by atoms with E-state index in [9.17, 15) is 14.4 Å². The van der Waals surface area contributed by atoms with Gasteiger partial charge >= 0.3 is 5.97 Å². The Morgan fingerprint density at radius 2 is 2.06 bits per heavy atom. The van der Waals surface area contributed by atoms with Crippen LogP contribution in [-0.2, 0) is 14.4 Å². The van der Waals surface area contributed by atoms with Crippen LogP contribution < -0.4 is 11.5 Å². The fraction of sp³-hybridized carbons (Fsp3) is 0.625. The van der Waals surface area contributed by atoms with Gasteiger partial charge in [0.15, 0.2) is 0 Å². The Balaban J connectivity index is 4.30. The number of aliphatic imine (C=N–C) groups is 2. The first-order valence-electron chi connectivity index (χ1n) is 4.40. The number of carbonyl (C=O) groups excluding carboxylic acids is 2. The van der Waals surface area contributed by atoms with Crippen LogP contribution in [0.15, 0.2) is 9.98 Å². The van der Waals surface area contributed by atoms with Crippen molar-refractivity contribution in [2.45, 2.75) is 31.1 Å². The van der Waals surface area contributed by atoms with Gasteiger partial charge in [-0.3, -0.25) is 5.73 Å². The third-order valence-electron chi connectivity index (χ3n) is 1.89. The molecule has 0 fully saturated rings. The molecule has 0 heterocycles. The molecule has 8 heteroatoms. The zero-order valence-corrected chi connectivity index (χ0v) is 8.42. The number of hydrogen-bond acceptors (Lipinski definition) is 7. The minimum atomic E-state index is -1.99. The molecule has 0 aromatic carbocycles. The smallest absolute Gasteiger partial charge is 0.347 e. The van der Waals surface area contributed by atoms with Crippen LogP contribution in [0.4, 0.5) is 0 Å². The molecular formula is C8H12N4O4. The molecule has 0 saturated carbocycles. The Labute approximate surface area is 91.0 Å². The van der Waals surface area contributed by atoms with Crippen molar-refractivity contribution in [2.24, 2.45) is 21.5 Å². The van der Waals surface area contributed by atoms with Gasteiger partial charge in [0.2, 0.25) is 17.8 Å². The molecular weight excluding hydrogens is 216 g/mol. The van der Waals surface area contributed by atoms with Gasteiger partial charge in [-0.2, -0.15) is 9.98 Å². The van der Waals surface area contributed by atoms with Crippen LogP contribution in [0.5, 0.6) is 0 Å². The molecule has 0 saturated heterocycles. The molecule has 0 aliphatic carbocycles. The zero-order chi connectivity index (χ0) is 12.6. The largest absolute Gasteiger partial charge is 0.478 e. The number of aliphatic carboxylic acids is 1. The van der Waals surface area contributed by atoms with Gasteiger partial charge in [-0.15, -0.1) is 0 Å². The molecule has 0 aromatic heterocycles. The summed E-state index contributed by atoms with van der Waals surface area (Å²) in [5.41, 5.74) is 8.68. The summed E-state index contributed by atoms with van der Waals surface area (Å²) < 4.78 is 0. The molecule has 0 aliphatic heterocycles. The molecule has 8 nitrogen and oxygen atoms in total. The van der Waals surface area contributed by atoms with E-state index in [4.69, 9.17) is 16.6 Å². The maximum Gasteiger partial charge on any atom is 0.347 e. The third-order valence-corrected chi connectivity index (χ3v) is 1.89. The maximum atomic E-state index is 10.7. The second kappa shape index (κ2) is 6.60. The highest BCUT2D eigenvalue weighted by Crippen LogP contribution is 2.13. The van der Waals surface area contributed by atoms with Crippen molar-refractivity contribution in [2.75, 3.05) is 0 Å². The van der Waals surface area contributed by atoms with Crippen molar-refractivity contribution in [1.29, 1.82) is 0 Å². The fourth-order valence-electron chi connectivity index (χ4n) is 1.01. The van der Waals surface area contributed by atoms with Gasteiger partial charge in [0.25, 0.3) is 0 Å². The first kappa shape index (κ1) is 14.2. The van der Waals surface area contributed by atoms with Crippen LogP contribution in [0.2, 0.25) is 0 Å². The Hall–Kier alpha value is -1.85. The predicted molar refractivity (Wildman–Crippen MR) is 52.6 cm³/mol. The molecule has 0 bridgehead atoms. The molecule has 16 heavy (non-hydrogen) atoms. The second-order valence-electron chi connectivity index (χ2n) is 3.11. The molecule has 5 N–H and O–H groups in total. The highest BCUT2D eigenvalue weighted by molar-refractivity contribution is 5.79. The van der Waals surface area contributed by atoms with Crippen LogP contribution in [0.3, 0.4) is 0 Å². The summed E-state index contributed by atoms with van der Waals surface area (Å²) in [5.74, 6) is -1.43. The first-order chi connectivity index (χ1) is 7.46. The summed E-state index contributed by atoms with van der Waals surface area (Å²) in [6.07, 6.45) is 2.03. The van der Waals surface area contributed by atoms with Gasteiger partial charge in [-0.25, -0.2) is 14.4 Å². The van der Waals surface area contributed by atoms with Crippen LogP contribution >= 0.6 is 0 Å². The number of rotatable bonds is 7. The average Bonchev–Trinajstić information content (AvgIpc) is 2.18. The summed E-state index contributed by atoms with van der Waals surface area (Å²) in [6.45, 7) is 0. The van der Waals surface area contributed by atoms with Crippen molar-refractivity contribution < 1.29 is 19.5 Å². The SMILES string of the molecule is NC(CCC[C@@](N)(N=C=O)C(=O)O)N=C=O. The monoisotopic (exact) mass is 228 g/mol. The van der Waals surface area contributed by atoms with Crippen molar-refractivity contribution in [3.63, 3.8) is 0 Å². The maximum absolute atomic E-state index is 10.7. The van der Waals surface area contributed by atoms with Gasteiger partial charge in [0.05, 0.1) is 0 Å². The Morgan fingerprint density at radius 3 is 2.50 bits per heavy atom. The van der Waals surface area contributed by atoms with E-state index < -0.39 is 17.8 Å². The number of carbonyl (C=O) groups is 1. The summed E-state index contributed by atoms with van der Waals surface area (Å²) in [5, 5.41) is 8.72. The van der Waals surface area contributed by atoms with Crippen molar-refractivity contribution in [3.05, 3.63) is 0 Å². The highest BCUT2D eigenvalue weighted by atomic mass is 16.4. The molecule has 0 aromatic rings. The van der Waals surface area contributed by atoms with Gasteiger partial charge in [0, 0.05) is 0 Å².